The first-order valence-corrected chi connectivity index (χ1v) is 8.57. The zero-order valence-electron chi connectivity index (χ0n) is 14.7. The summed E-state index contributed by atoms with van der Waals surface area (Å²) >= 11 is 0. The number of rotatable bonds is 3. The molecule has 1 aromatic heterocycles. The number of carbonyl (C=O) groups excluding carboxylic acids is 2. The summed E-state index contributed by atoms with van der Waals surface area (Å²) in [5.41, 5.74) is 2.57. The molecule has 0 radical (unpaired) electrons. The van der Waals surface area contributed by atoms with Crippen molar-refractivity contribution >= 4 is 17.5 Å². The Morgan fingerprint density at radius 2 is 1.89 bits per heavy atom. The van der Waals surface area contributed by atoms with Gasteiger partial charge >= 0.3 is 0 Å². The standard InChI is InChI=1S/C20H18N4O3/c1-21-19(25)18-12-24(16-9-5-6-10-17(16)27-18)20(26)15-11-14(22-23-15)13-7-3-2-4-8-13/h2-11,18H,12H2,1H3,(H,21,25)(H,22,23)/t18-/m1/s1. The van der Waals surface area contributed by atoms with Crippen molar-refractivity contribution in [1.29, 1.82) is 0 Å². The highest BCUT2D eigenvalue weighted by atomic mass is 16.5. The summed E-state index contributed by atoms with van der Waals surface area (Å²) in [5.74, 6) is -0.0558. The zero-order chi connectivity index (χ0) is 18.8. The van der Waals surface area contributed by atoms with E-state index >= 15 is 0 Å². The van der Waals surface area contributed by atoms with E-state index < -0.39 is 6.10 Å². The van der Waals surface area contributed by atoms with Crippen LogP contribution in [-0.4, -0.2) is 41.7 Å². The third-order valence-corrected chi connectivity index (χ3v) is 4.44. The number of anilines is 1. The number of H-pyrrole nitrogens is 1. The maximum atomic E-state index is 13.1. The number of fused-ring (bicyclic) bond motifs is 1. The minimum Gasteiger partial charge on any atom is -0.477 e. The number of benzene rings is 2. The van der Waals surface area contributed by atoms with Crippen LogP contribution in [0.3, 0.4) is 0 Å². The first-order valence-electron chi connectivity index (χ1n) is 8.57. The van der Waals surface area contributed by atoms with E-state index in [1.165, 1.54) is 0 Å². The first kappa shape index (κ1) is 16.8. The van der Waals surface area contributed by atoms with Crippen LogP contribution in [-0.2, 0) is 4.79 Å². The number of nitrogens with one attached hydrogen (secondary N) is 2. The zero-order valence-corrected chi connectivity index (χ0v) is 14.7. The van der Waals surface area contributed by atoms with E-state index in [1.807, 2.05) is 36.4 Å². The van der Waals surface area contributed by atoms with Crippen molar-refractivity contribution < 1.29 is 14.3 Å². The number of carbonyl (C=O) groups is 2. The van der Waals surface area contributed by atoms with Crippen molar-refractivity contribution in [3.8, 4) is 17.0 Å². The summed E-state index contributed by atoms with van der Waals surface area (Å²) < 4.78 is 5.74. The molecule has 2 aromatic carbocycles. The van der Waals surface area contributed by atoms with Crippen LogP contribution >= 0.6 is 0 Å². The number of hydrogen-bond acceptors (Lipinski definition) is 4. The van der Waals surface area contributed by atoms with Gasteiger partial charge in [0, 0.05) is 12.6 Å². The van der Waals surface area contributed by atoms with Crippen molar-refractivity contribution in [3.05, 3.63) is 66.4 Å². The van der Waals surface area contributed by atoms with Gasteiger partial charge < -0.3 is 10.1 Å². The molecule has 0 unspecified atom stereocenters. The normalized spacial score (nSPS) is 15.6. The lowest BCUT2D eigenvalue weighted by atomic mass is 10.1. The predicted molar refractivity (Wildman–Crippen MR) is 101 cm³/mol. The van der Waals surface area contributed by atoms with Crippen molar-refractivity contribution in [2.24, 2.45) is 0 Å². The minimum atomic E-state index is -0.773. The fourth-order valence-corrected chi connectivity index (χ4v) is 3.06. The Labute approximate surface area is 156 Å². The molecule has 7 heteroatoms. The summed E-state index contributed by atoms with van der Waals surface area (Å²) in [6.45, 7) is 0.120. The number of hydrogen-bond donors (Lipinski definition) is 2. The van der Waals surface area contributed by atoms with Crippen LogP contribution in [0.15, 0.2) is 60.7 Å². The molecule has 0 saturated carbocycles. The minimum absolute atomic E-state index is 0.120. The van der Waals surface area contributed by atoms with E-state index in [2.05, 4.69) is 15.5 Å². The van der Waals surface area contributed by atoms with Gasteiger partial charge in [0.05, 0.1) is 17.9 Å². The molecule has 3 aromatic rings. The summed E-state index contributed by atoms with van der Waals surface area (Å²) in [7, 11) is 1.54. The highest BCUT2D eigenvalue weighted by Gasteiger charge is 2.34. The largest absolute Gasteiger partial charge is 0.477 e. The van der Waals surface area contributed by atoms with Crippen LogP contribution in [0.5, 0.6) is 5.75 Å². The fourth-order valence-electron chi connectivity index (χ4n) is 3.06. The fraction of sp³-hybridized carbons (Fsp3) is 0.150. The van der Waals surface area contributed by atoms with Crippen molar-refractivity contribution in [2.45, 2.75) is 6.10 Å². The molecule has 2 heterocycles. The van der Waals surface area contributed by atoms with Crippen LogP contribution in [0.1, 0.15) is 10.5 Å². The van der Waals surface area contributed by atoms with Crippen LogP contribution in [0, 0.1) is 0 Å². The van der Waals surface area contributed by atoms with Crippen molar-refractivity contribution in [2.75, 3.05) is 18.5 Å². The Balaban J connectivity index is 1.66. The van der Waals surface area contributed by atoms with Gasteiger partial charge in [-0.25, -0.2) is 0 Å². The molecule has 4 rings (SSSR count). The van der Waals surface area contributed by atoms with E-state index in [9.17, 15) is 9.59 Å². The smallest absolute Gasteiger partial charge is 0.276 e. The number of para-hydroxylation sites is 2. The lowest BCUT2D eigenvalue weighted by Crippen LogP contribution is -2.50. The summed E-state index contributed by atoms with van der Waals surface area (Å²) in [5, 5.41) is 9.62. The Kier molecular flexibility index (Phi) is 4.33. The molecular weight excluding hydrogens is 344 g/mol. The van der Waals surface area contributed by atoms with Gasteiger partial charge in [-0.1, -0.05) is 42.5 Å². The molecule has 1 aliphatic rings. The van der Waals surface area contributed by atoms with Gasteiger partial charge in [-0.15, -0.1) is 0 Å². The number of aromatic amines is 1. The van der Waals surface area contributed by atoms with Crippen molar-refractivity contribution in [3.63, 3.8) is 0 Å². The van der Waals surface area contributed by atoms with E-state index in [0.29, 0.717) is 22.8 Å². The van der Waals surface area contributed by atoms with E-state index in [1.54, 1.807) is 36.2 Å². The number of amides is 2. The Morgan fingerprint density at radius 1 is 1.15 bits per heavy atom. The average molecular weight is 362 g/mol. The third kappa shape index (κ3) is 3.15. The Bertz CT molecular complexity index is 984. The van der Waals surface area contributed by atoms with Crippen LogP contribution < -0.4 is 15.0 Å². The molecule has 0 aliphatic carbocycles. The summed E-state index contributed by atoms with van der Waals surface area (Å²) in [6.07, 6.45) is -0.773. The second-order valence-corrected chi connectivity index (χ2v) is 6.14. The molecule has 1 aliphatic heterocycles. The Hall–Kier alpha value is -3.61. The molecular formula is C20H18N4O3. The second-order valence-electron chi connectivity index (χ2n) is 6.14. The molecule has 1 atom stereocenters. The topological polar surface area (TPSA) is 87.3 Å². The SMILES string of the molecule is CNC(=O)[C@H]1CN(C(=O)c2cc(-c3ccccc3)n[nH]2)c2ccccc2O1. The van der Waals surface area contributed by atoms with Gasteiger partial charge in [-0.3, -0.25) is 19.6 Å². The Morgan fingerprint density at radius 3 is 2.67 bits per heavy atom. The lowest BCUT2D eigenvalue weighted by molar-refractivity contribution is -0.127. The highest BCUT2D eigenvalue weighted by molar-refractivity contribution is 6.07. The van der Waals surface area contributed by atoms with E-state index in [4.69, 9.17) is 4.74 Å². The molecule has 136 valence electrons. The maximum Gasteiger partial charge on any atom is 0.276 e. The summed E-state index contributed by atoms with van der Waals surface area (Å²) in [6, 6.07) is 18.5. The molecule has 2 amide bonds. The van der Waals surface area contributed by atoms with Crippen LogP contribution in [0.2, 0.25) is 0 Å². The number of ether oxygens (including phenoxy) is 1. The van der Waals surface area contributed by atoms with Gasteiger partial charge in [0.15, 0.2) is 6.10 Å². The number of aromatic nitrogens is 2. The second kappa shape index (κ2) is 6.95. The molecule has 0 spiro atoms. The monoisotopic (exact) mass is 362 g/mol. The van der Waals surface area contributed by atoms with Crippen LogP contribution in [0.25, 0.3) is 11.3 Å². The van der Waals surface area contributed by atoms with Crippen LogP contribution in [0.4, 0.5) is 5.69 Å². The first-order chi connectivity index (χ1) is 13.2. The summed E-state index contributed by atoms with van der Waals surface area (Å²) in [4.78, 5) is 26.7. The van der Waals surface area contributed by atoms with E-state index in [0.717, 1.165) is 5.56 Å². The number of nitrogens with zero attached hydrogens (tertiary/aromatic N) is 2. The molecule has 7 nitrogen and oxygen atoms in total. The average Bonchev–Trinajstić information content (AvgIpc) is 3.22. The molecule has 2 N–H and O–H groups in total. The van der Waals surface area contributed by atoms with Gasteiger partial charge in [0.2, 0.25) is 0 Å². The quantitative estimate of drug-likeness (QED) is 0.748. The third-order valence-electron chi connectivity index (χ3n) is 4.44. The van der Waals surface area contributed by atoms with Gasteiger partial charge in [0.1, 0.15) is 11.4 Å². The molecule has 0 fully saturated rings. The highest BCUT2D eigenvalue weighted by Crippen LogP contribution is 2.34. The van der Waals surface area contributed by atoms with Crippen molar-refractivity contribution in [1.82, 2.24) is 15.5 Å². The molecule has 27 heavy (non-hydrogen) atoms. The number of likely N-dealkylation sites (N-methyl/N-ethyl adjacent to an activating group) is 1. The molecule has 0 saturated heterocycles. The van der Waals surface area contributed by atoms with Gasteiger partial charge in [-0.2, -0.15) is 5.10 Å². The predicted octanol–water partition coefficient (Wildman–Crippen LogP) is 2.23. The van der Waals surface area contributed by atoms with E-state index in [-0.39, 0.29) is 18.4 Å². The molecule has 0 bridgehead atoms. The van der Waals surface area contributed by atoms with Gasteiger partial charge in [-0.05, 0) is 18.2 Å². The lowest BCUT2D eigenvalue weighted by Gasteiger charge is -2.33. The maximum absolute atomic E-state index is 13.1. The van der Waals surface area contributed by atoms with Gasteiger partial charge in [0.25, 0.3) is 11.8 Å².